The topological polar surface area (TPSA) is 0 Å². The highest BCUT2D eigenvalue weighted by molar-refractivity contribution is 6.22. The Bertz CT molecular complexity index is 508. The lowest BCUT2D eigenvalue weighted by molar-refractivity contribution is 0.143. The standard InChI is InChI=1S/C13H11ClF2/c1-8-6-7-11(12(14)13(15)16)10-5-3-2-4-9(8)10/h2-7,12-13H,1H3. The van der Waals surface area contributed by atoms with Gasteiger partial charge in [-0.15, -0.1) is 11.6 Å². The van der Waals surface area contributed by atoms with Gasteiger partial charge in [0.25, 0.3) is 6.43 Å². The molecule has 2 aromatic carbocycles. The summed E-state index contributed by atoms with van der Waals surface area (Å²) in [5, 5.41) is 0.541. The van der Waals surface area contributed by atoms with E-state index in [2.05, 4.69) is 0 Å². The van der Waals surface area contributed by atoms with E-state index in [0.29, 0.717) is 5.56 Å². The van der Waals surface area contributed by atoms with Crippen LogP contribution in [0.2, 0.25) is 0 Å². The van der Waals surface area contributed by atoms with Gasteiger partial charge in [0.15, 0.2) is 0 Å². The Morgan fingerprint density at radius 1 is 1.00 bits per heavy atom. The lowest BCUT2D eigenvalue weighted by atomic mass is 9.98. The number of benzene rings is 2. The van der Waals surface area contributed by atoms with E-state index in [4.69, 9.17) is 11.6 Å². The summed E-state index contributed by atoms with van der Waals surface area (Å²) in [6.07, 6.45) is -2.55. The van der Waals surface area contributed by atoms with Crippen molar-refractivity contribution in [2.45, 2.75) is 18.7 Å². The maximum absolute atomic E-state index is 12.6. The van der Waals surface area contributed by atoms with Gasteiger partial charge in [-0.3, -0.25) is 0 Å². The van der Waals surface area contributed by atoms with Crippen molar-refractivity contribution in [1.29, 1.82) is 0 Å². The number of alkyl halides is 3. The van der Waals surface area contributed by atoms with Crippen molar-refractivity contribution in [3.05, 3.63) is 47.5 Å². The maximum Gasteiger partial charge on any atom is 0.258 e. The molecule has 3 heteroatoms. The number of fused-ring (bicyclic) bond motifs is 1. The van der Waals surface area contributed by atoms with Crippen molar-refractivity contribution in [3.8, 4) is 0 Å². The third kappa shape index (κ3) is 1.90. The van der Waals surface area contributed by atoms with E-state index in [-0.39, 0.29) is 0 Å². The fraction of sp³-hybridized carbons (Fsp3) is 0.231. The fourth-order valence-corrected chi connectivity index (χ4v) is 2.04. The molecule has 0 heterocycles. The van der Waals surface area contributed by atoms with Crippen molar-refractivity contribution in [1.82, 2.24) is 0 Å². The quantitative estimate of drug-likeness (QED) is 0.668. The Labute approximate surface area is 97.8 Å². The molecule has 84 valence electrons. The smallest absolute Gasteiger partial charge is 0.208 e. The van der Waals surface area contributed by atoms with E-state index in [1.165, 1.54) is 0 Å². The average Bonchev–Trinajstić information content (AvgIpc) is 2.29. The van der Waals surface area contributed by atoms with Gasteiger partial charge in [0.05, 0.1) is 0 Å². The number of hydrogen-bond donors (Lipinski definition) is 0. The first-order valence-electron chi connectivity index (χ1n) is 5.01. The predicted octanol–water partition coefficient (Wildman–Crippen LogP) is 4.69. The molecule has 0 bridgehead atoms. The Kier molecular flexibility index (Phi) is 3.10. The van der Waals surface area contributed by atoms with Crippen LogP contribution in [0, 0.1) is 6.92 Å². The van der Waals surface area contributed by atoms with Crippen LogP contribution in [0.15, 0.2) is 36.4 Å². The normalized spacial score (nSPS) is 13.3. The summed E-state index contributed by atoms with van der Waals surface area (Å²) < 4.78 is 25.2. The van der Waals surface area contributed by atoms with Gasteiger partial charge in [-0.2, -0.15) is 0 Å². The minimum atomic E-state index is -2.55. The Balaban J connectivity index is 2.67. The molecule has 0 aliphatic carbocycles. The average molecular weight is 241 g/mol. The van der Waals surface area contributed by atoms with Crippen LogP contribution in [0.25, 0.3) is 10.8 Å². The van der Waals surface area contributed by atoms with E-state index in [1.54, 1.807) is 6.07 Å². The molecule has 0 aliphatic rings. The highest BCUT2D eigenvalue weighted by Crippen LogP contribution is 2.33. The van der Waals surface area contributed by atoms with Gasteiger partial charge in [0.1, 0.15) is 5.38 Å². The van der Waals surface area contributed by atoms with Crippen LogP contribution in [0.5, 0.6) is 0 Å². The second kappa shape index (κ2) is 4.38. The third-order valence-corrected chi connectivity index (χ3v) is 3.12. The number of halogens is 3. The van der Waals surface area contributed by atoms with Gasteiger partial charge in [-0.25, -0.2) is 8.78 Å². The van der Waals surface area contributed by atoms with Gasteiger partial charge in [-0.05, 0) is 28.8 Å². The largest absolute Gasteiger partial charge is 0.258 e. The van der Waals surface area contributed by atoms with Crippen molar-refractivity contribution in [2.24, 2.45) is 0 Å². The molecule has 0 aliphatic heterocycles. The molecule has 0 spiro atoms. The van der Waals surface area contributed by atoms with Crippen LogP contribution in [-0.2, 0) is 0 Å². The molecule has 0 fully saturated rings. The second-order valence-corrected chi connectivity index (χ2v) is 4.22. The third-order valence-electron chi connectivity index (χ3n) is 2.69. The first kappa shape index (κ1) is 11.3. The molecule has 2 rings (SSSR count). The minimum absolute atomic E-state index is 0.498. The highest BCUT2D eigenvalue weighted by atomic mass is 35.5. The summed E-state index contributed by atoms with van der Waals surface area (Å²) in [6, 6.07) is 11.0. The summed E-state index contributed by atoms with van der Waals surface area (Å²) in [7, 11) is 0. The molecule has 0 nitrogen and oxygen atoms in total. The van der Waals surface area contributed by atoms with E-state index in [1.807, 2.05) is 37.3 Å². The van der Waals surface area contributed by atoms with Gasteiger partial charge in [0.2, 0.25) is 0 Å². The molecule has 2 aromatic rings. The number of hydrogen-bond acceptors (Lipinski definition) is 0. The maximum atomic E-state index is 12.6. The molecule has 0 radical (unpaired) electrons. The molecule has 0 saturated heterocycles. The van der Waals surface area contributed by atoms with Crippen molar-refractivity contribution in [3.63, 3.8) is 0 Å². The Hall–Kier alpha value is -1.15. The van der Waals surface area contributed by atoms with Gasteiger partial charge >= 0.3 is 0 Å². The first-order chi connectivity index (χ1) is 7.61. The van der Waals surface area contributed by atoms with Crippen LogP contribution < -0.4 is 0 Å². The second-order valence-electron chi connectivity index (χ2n) is 3.75. The SMILES string of the molecule is Cc1ccc(C(Cl)C(F)F)c2ccccc12. The highest BCUT2D eigenvalue weighted by Gasteiger charge is 2.21. The molecule has 1 unspecified atom stereocenters. The van der Waals surface area contributed by atoms with E-state index in [9.17, 15) is 8.78 Å². The molecular formula is C13H11ClF2. The lowest BCUT2D eigenvalue weighted by Gasteiger charge is -2.13. The van der Waals surface area contributed by atoms with Gasteiger partial charge in [0, 0.05) is 0 Å². The van der Waals surface area contributed by atoms with E-state index < -0.39 is 11.8 Å². The van der Waals surface area contributed by atoms with E-state index in [0.717, 1.165) is 16.3 Å². The van der Waals surface area contributed by atoms with Gasteiger partial charge in [-0.1, -0.05) is 36.4 Å². The number of rotatable bonds is 2. The molecule has 0 aromatic heterocycles. The van der Waals surface area contributed by atoms with Crippen molar-refractivity contribution >= 4 is 22.4 Å². The van der Waals surface area contributed by atoms with Gasteiger partial charge < -0.3 is 0 Å². The fourth-order valence-electron chi connectivity index (χ4n) is 1.85. The molecule has 0 amide bonds. The molecular weight excluding hydrogens is 230 g/mol. The van der Waals surface area contributed by atoms with Crippen LogP contribution in [0.3, 0.4) is 0 Å². The number of aryl methyl sites for hydroxylation is 1. The predicted molar refractivity (Wildman–Crippen MR) is 63.3 cm³/mol. The van der Waals surface area contributed by atoms with Crippen LogP contribution in [-0.4, -0.2) is 6.43 Å². The van der Waals surface area contributed by atoms with E-state index >= 15 is 0 Å². The summed E-state index contributed by atoms with van der Waals surface area (Å²) >= 11 is 5.72. The van der Waals surface area contributed by atoms with Crippen LogP contribution in [0.1, 0.15) is 16.5 Å². The molecule has 0 N–H and O–H groups in total. The first-order valence-corrected chi connectivity index (χ1v) is 5.45. The zero-order valence-electron chi connectivity index (χ0n) is 8.75. The minimum Gasteiger partial charge on any atom is -0.208 e. The zero-order valence-corrected chi connectivity index (χ0v) is 9.51. The van der Waals surface area contributed by atoms with Crippen LogP contribution >= 0.6 is 11.6 Å². The molecule has 1 atom stereocenters. The molecule has 16 heavy (non-hydrogen) atoms. The summed E-state index contributed by atoms with van der Waals surface area (Å²) in [6.45, 7) is 1.96. The Morgan fingerprint density at radius 2 is 1.62 bits per heavy atom. The van der Waals surface area contributed by atoms with Crippen molar-refractivity contribution in [2.75, 3.05) is 0 Å². The Morgan fingerprint density at radius 3 is 2.25 bits per heavy atom. The van der Waals surface area contributed by atoms with Crippen LogP contribution in [0.4, 0.5) is 8.78 Å². The monoisotopic (exact) mass is 240 g/mol. The summed E-state index contributed by atoms with van der Waals surface area (Å²) in [4.78, 5) is 0. The molecule has 0 saturated carbocycles. The summed E-state index contributed by atoms with van der Waals surface area (Å²) in [5.74, 6) is 0. The summed E-state index contributed by atoms with van der Waals surface area (Å²) in [5.41, 5.74) is 1.57. The zero-order chi connectivity index (χ0) is 11.7. The lowest BCUT2D eigenvalue weighted by Crippen LogP contribution is -2.02. The van der Waals surface area contributed by atoms with Crippen molar-refractivity contribution < 1.29 is 8.78 Å².